The van der Waals surface area contributed by atoms with Gasteiger partial charge in [-0.15, -0.1) is 0 Å². The zero-order chi connectivity index (χ0) is 15.7. The van der Waals surface area contributed by atoms with Crippen LogP contribution in [0, 0.1) is 11.6 Å². The van der Waals surface area contributed by atoms with Crippen LogP contribution in [-0.2, 0) is 4.79 Å². The van der Waals surface area contributed by atoms with Gasteiger partial charge in [0.1, 0.15) is 11.6 Å². The third-order valence-electron chi connectivity index (χ3n) is 4.65. The molecule has 0 spiro atoms. The molecule has 0 aliphatic carbocycles. The van der Waals surface area contributed by atoms with Gasteiger partial charge in [-0.2, -0.15) is 0 Å². The van der Waals surface area contributed by atoms with Crippen LogP contribution < -0.4 is 4.90 Å². The van der Waals surface area contributed by atoms with E-state index in [1.807, 2.05) is 16.8 Å². The maximum atomic E-state index is 13.8. The van der Waals surface area contributed by atoms with E-state index < -0.39 is 11.6 Å². The van der Waals surface area contributed by atoms with E-state index in [1.54, 1.807) is 0 Å². The van der Waals surface area contributed by atoms with E-state index in [0.717, 1.165) is 25.5 Å². The number of amides is 1. The number of nitrogens with zero attached hydrogens (tertiary/aromatic N) is 3. The van der Waals surface area contributed by atoms with Crippen LogP contribution in [0.3, 0.4) is 0 Å². The van der Waals surface area contributed by atoms with Crippen molar-refractivity contribution < 1.29 is 13.6 Å². The summed E-state index contributed by atoms with van der Waals surface area (Å²) in [5.41, 5.74) is 0.409. The highest BCUT2D eigenvalue weighted by Crippen LogP contribution is 2.23. The molecule has 0 aromatic heterocycles. The lowest BCUT2D eigenvalue weighted by Crippen LogP contribution is -2.53. The molecule has 6 heteroatoms. The van der Waals surface area contributed by atoms with Crippen molar-refractivity contribution in [2.45, 2.75) is 18.9 Å². The van der Waals surface area contributed by atoms with E-state index in [4.69, 9.17) is 0 Å². The second-order valence-corrected chi connectivity index (χ2v) is 6.05. The van der Waals surface area contributed by atoms with E-state index in [1.165, 1.54) is 12.1 Å². The number of likely N-dealkylation sites (tertiary alicyclic amines) is 1. The highest BCUT2D eigenvalue weighted by molar-refractivity contribution is 5.82. The third-order valence-corrected chi connectivity index (χ3v) is 4.65. The van der Waals surface area contributed by atoms with Gasteiger partial charge in [-0.25, -0.2) is 8.78 Å². The molecule has 0 unspecified atom stereocenters. The fraction of sp³-hybridized carbons (Fsp3) is 0.562. The van der Waals surface area contributed by atoms with Crippen molar-refractivity contribution in [3.05, 3.63) is 29.8 Å². The minimum Gasteiger partial charge on any atom is -0.366 e. The van der Waals surface area contributed by atoms with E-state index in [-0.39, 0.29) is 11.9 Å². The van der Waals surface area contributed by atoms with Crippen LogP contribution in [0.5, 0.6) is 0 Å². The van der Waals surface area contributed by atoms with Gasteiger partial charge >= 0.3 is 0 Å². The Morgan fingerprint density at radius 2 is 1.86 bits per heavy atom. The van der Waals surface area contributed by atoms with Crippen LogP contribution in [0.4, 0.5) is 14.5 Å². The summed E-state index contributed by atoms with van der Waals surface area (Å²) in [5, 5.41) is 0. The maximum Gasteiger partial charge on any atom is 0.240 e. The molecule has 2 aliphatic rings. The number of carbonyl (C=O) groups excluding carboxylic acids is 1. The molecule has 3 rings (SSSR count). The summed E-state index contributed by atoms with van der Waals surface area (Å²) in [4.78, 5) is 18.4. The Hall–Kier alpha value is -1.69. The minimum absolute atomic E-state index is 0.00546. The first-order valence-electron chi connectivity index (χ1n) is 7.75. The Morgan fingerprint density at radius 1 is 1.14 bits per heavy atom. The summed E-state index contributed by atoms with van der Waals surface area (Å²) in [6, 6.07) is 3.63. The van der Waals surface area contributed by atoms with Gasteiger partial charge in [0.2, 0.25) is 5.91 Å². The number of hydrogen-bond donors (Lipinski definition) is 0. The molecule has 1 aromatic rings. The van der Waals surface area contributed by atoms with Gasteiger partial charge in [-0.1, -0.05) is 0 Å². The van der Waals surface area contributed by atoms with Crippen LogP contribution in [0.2, 0.25) is 0 Å². The van der Waals surface area contributed by atoms with Gasteiger partial charge in [0.15, 0.2) is 0 Å². The van der Waals surface area contributed by atoms with Gasteiger partial charge in [-0.3, -0.25) is 9.69 Å². The third kappa shape index (κ3) is 2.92. The molecule has 120 valence electrons. The quantitative estimate of drug-likeness (QED) is 0.832. The second-order valence-electron chi connectivity index (χ2n) is 6.05. The van der Waals surface area contributed by atoms with Crippen LogP contribution >= 0.6 is 0 Å². The predicted octanol–water partition coefficient (Wildman–Crippen LogP) is 1.71. The summed E-state index contributed by atoms with van der Waals surface area (Å²) in [5.74, 6) is -0.936. The molecule has 0 saturated carbocycles. The zero-order valence-corrected chi connectivity index (χ0v) is 12.8. The smallest absolute Gasteiger partial charge is 0.240 e. The number of anilines is 1. The topological polar surface area (TPSA) is 26.8 Å². The van der Waals surface area contributed by atoms with E-state index in [9.17, 15) is 13.6 Å². The number of halogens is 2. The monoisotopic (exact) mass is 309 g/mol. The van der Waals surface area contributed by atoms with Crippen molar-refractivity contribution in [2.24, 2.45) is 0 Å². The van der Waals surface area contributed by atoms with Crippen molar-refractivity contribution in [3.8, 4) is 0 Å². The average Bonchev–Trinajstić information content (AvgIpc) is 2.93. The van der Waals surface area contributed by atoms with Gasteiger partial charge in [0, 0.05) is 32.2 Å². The Morgan fingerprint density at radius 3 is 2.45 bits per heavy atom. The summed E-state index contributed by atoms with van der Waals surface area (Å²) in [7, 11) is 1.99. The zero-order valence-electron chi connectivity index (χ0n) is 12.8. The van der Waals surface area contributed by atoms with Crippen LogP contribution in [0.1, 0.15) is 12.8 Å². The standard InChI is InChI=1S/C16H21F2N3O/c1-19-6-2-3-15(19)16(22)21-9-7-20(8-10-21)14-5-4-12(17)11-13(14)18/h4-5,11,15H,2-3,6-10H2,1H3/t15-/m0/s1. The SMILES string of the molecule is CN1CCC[C@H]1C(=O)N1CCN(c2ccc(F)cc2F)CC1. The lowest BCUT2D eigenvalue weighted by Gasteiger charge is -2.38. The Balaban J connectivity index is 1.61. The number of benzene rings is 1. The minimum atomic E-state index is -0.570. The first kappa shape index (κ1) is 15.2. The molecule has 1 atom stereocenters. The summed E-state index contributed by atoms with van der Waals surface area (Å²) >= 11 is 0. The van der Waals surface area contributed by atoms with E-state index in [2.05, 4.69) is 4.90 Å². The van der Waals surface area contributed by atoms with Crippen molar-refractivity contribution >= 4 is 11.6 Å². The highest BCUT2D eigenvalue weighted by Gasteiger charge is 2.33. The molecule has 2 aliphatic heterocycles. The number of likely N-dealkylation sites (N-methyl/N-ethyl adjacent to an activating group) is 1. The predicted molar refractivity (Wildman–Crippen MR) is 80.8 cm³/mol. The molecule has 2 fully saturated rings. The fourth-order valence-corrected chi connectivity index (χ4v) is 3.34. The van der Waals surface area contributed by atoms with Crippen molar-refractivity contribution in [2.75, 3.05) is 44.7 Å². The molecule has 0 bridgehead atoms. The molecular weight excluding hydrogens is 288 g/mol. The largest absolute Gasteiger partial charge is 0.366 e. The van der Waals surface area contributed by atoms with Gasteiger partial charge < -0.3 is 9.80 Å². The number of piperazine rings is 1. The first-order chi connectivity index (χ1) is 10.6. The lowest BCUT2D eigenvalue weighted by atomic mass is 10.1. The van der Waals surface area contributed by atoms with Gasteiger partial charge in [0.05, 0.1) is 11.7 Å². The van der Waals surface area contributed by atoms with E-state index in [0.29, 0.717) is 31.9 Å². The summed E-state index contributed by atoms with van der Waals surface area (Å²) in [6.45, 7) is 3.28. The number of carbonyl (C=O) groups is 1. The van der Waals surface area contributed by atoms with Crippen molar-refractivity contribution in [1.82, 2.24) is 9.80 Å². The van der Waals surface area contributed by atoms with E-state index >= 15 is 0 Å². The molecule has 22 heavy (non-hydrogen) atoms. The second kappa shape index (κ2) is 6.20. The summed E-state index contributed by atoms with van der Waals surface area (Å²) < 4.78 is 26.8. The molecule has 0 N–H and O–H groups in total. The number of hydrogen-bond acceptors (Lipinski definition) is 3. The molecule has 1 amide bonds. The molecular formula is C16H21F2N3O. The molecule has 2 saturated heterocycles. The summed E-state index contributed by atoms with van der Waals surface area (Å²) in [6.07, 6.45) is 1.98. The van der Waals surface area contributed by atoms with Crippen LogP contribution in [-0.4, -0.2) is 61.5 Å². The molecule has 4 nitrogen and oxygen atoms in total. The van der Waals surface area contributed by atoms with Crippen molar-refractivity contribution in [1.29, 1.82) is 0 Å². The van der Waals surface area contributed by atoms with Crippen molar-refractivity contribution in [3.63, 3.8) is 0 Å². The van der Waals surface area contributed by atoms with Crippen LogP contribution in [0.25, 0.3) is 0 Å². The number of rotatable bonds is 2. The Bertz CT molecular complexity index is 558. The lowest BCUT2D eigenvalue weighted by molar-refractivity contribution is -0.135. The maximum absolute atomic E-state index is 13.8. The Kier molecular flexibility index (Phi) is 4.29. The average molecular weight is 309 g/mol. The molecule has 0 radical (unpaired) electrons. The molecule has 2 heterocycles. The first-order valence-corrected chi connectivity index (χ1v) is 7.75. The Labute approximate surface area is 129 Å². The fourth-order valence-electron chi connectivity index (χ4n) is 3.34. The van der Waals surface area contributed by atoms with Gasteiger partial charge in [0.25, 0.3) is 0 Å². The highest BCUT2D eigenvalue weighted by atomic mass is 19.1. The van der Waals surface area contributed by atoms with Crippen LogP contribution in [0.15, 0.2) is 18.2 Å². The normalized spacial score (nSPS) is 23.1. The molecule has 1 aromatic carbocycles. The van der Waals surface area contributed by atoms with Gasteiger partial charge in [-0.05, 0) is 38.6 Å².